The van der Waals surface area contributed by atoms with E-state index in [4.69, 9.17) is 4.74 Å². The molecule has 2 heterocycles. The molecule has 30 heavy (non-hydrogen) atoms. The number of amides is 1. The number of hydrogen-bond donors (Lipinski definition) is 1. The van der Waals surface area contributed by atoms with Crippen LogP contribution in [0.4, 0.5) is 0 Å². The van der Waals surface area contributed by atoms with E-state index < -0.39 is 0 Å². The number of hydrogen-bond acceptors (Lipinski definition) is 4. The molecule has 0 atom stereocenters. The van der Waals surface area contributed by atoms with Crippen molar-refractivity contribution in [1.82, 2.24) is 24.9 Å². The highest BCUT2D eigenvalue weighted by atomic mass is 16.5. The zero-order valence-corrected chi connectivity index (χ0v) is 16.9. The first-order valence-electron chi connectivity index (χ1n) is 9.68. The number of nitrogens with one attached hydrogen (secondary N) is 1. The highest BCUT2D eigenvalue weighted by Crippen LogP contribution is 2.17. The van der Waals surface area contributed by atoms with Crippen LogP contribution in [-0.2, 0) is 13.1 Å². The number of benzene rings is 2. The Labute approximate surface area is 174 Å². The number of carbonyl (C=O) groups excluding carboxylic acids is 1. The summed E-state index contributed by atoms with van der Waals surface area (Å²) in [5.41, 5.74) is 3.51. The Hall–Kier alpha value is -3.87. The lowest BCUT2D eigenvalue weighted by atomic mass is 10.1. The van der Waals surface area contributed by atoms with E-state index in [1.165, 1.54) is 0 Å². The van der Waals surface area contributed by atoms with Crippen LogP contribution in [0.25, 0.3) is 5.82 Å². The van der Waals surface area contributed by atoms with Crippen LogP contribution in [0.1, 0.15) is 27.2 Å². The third kappa shape index (κ3) is 4.10. The molecular weight excluding hydrogens is 378 g/mol. The van der Waals surface area contributed by atoms with Gasteiger partial charge in [0.15, 0.2) is 11.5 Å². The van der Waals surface area contributed by atoms with Crippen molar-refractivity contribution in [3.05, 3.63) is 95.4 Å². The summed E-state index contributed by atoms with van der Waals surface area (Å²) in [5, 5.41) is 11.4. The third-order valence-electron chi connectivity index (χ3n) is 4.97. The second-order valence-corrected chi connectivity index (χ2v) is 6.97. The molecule has 0 aliphatic rings. The molecule has 2 aromatic carbocycles. The van der Waals surface area contributed by atoms with E-state index in [9.17, 15) is 4.79 Å². The smallest absolute Gasteiger partial charge is 0.276 e. The number of methoxy groups -OCH3 is 1. The fraction of sp³-hybridized carbons (Fsp3) is 0.174. The minimum Gasteiger partial charge on any atom is -0.497 e. The summed E-state index contributed by atoms with van der Waals surface area (Å²) in [4.78, 5) is 12.9. The number of ether oxygens (including phenoxy) is 1. The van der Waals surface area contributed by atoms with Crippen molar-refractivity contribution in [2.24, 2.45) is 0 Å². The van der Waals surface area contributed by atoms with Gasteiger partial charge in [-0.05, 0) is 47.9 Å². The largest absolute Gasteiger partial charge is 0.497 e. The number of rotatable bonds is 7. The van der Waals surface area contributed by atoms with Gasteiger partial charge in [0.25, 0.3) is 5.91 Å². The number of aromatic nitrogens is 4. The molecule has 0 spiro atoms. The maximum Gasteiger partial charge on any atom is 0.276 e. The number of aryl methyl sites for hydroxylation is 1. The zero-order chi connectivity index (χ0) is 20.9. The molecular formula is C23H23N5O2. The Morgan fingerprint density at radius 3 is 2.47 bits per heavy atom. The van der Waals surface area contributed by atoms with Crippen LogP contribution < -0.4 is 10.1 Å². The van der Waals surface area contributed by atoms with E-state index in [-0.39, 0.29) is 11.6 Å². The maximum atomic E-state index is 12.9. The molecule has 0 saturated carbocycles. The van der Waals surface area contributed by atoms with Crippen molar-refractivity contribution < 1.29 is 9.53 Å². The van der Waals surface area contributed by atoms with Gasteiger partial charge in [-0.3, -0.25) is 4.79 Å². The predicted octanol–water partition coefficient (Wildman–Crippen LogP) is 3.36. The molecule has 0 fully saturated rings. The Morgan fingerprint density at radius 1 is 1.03 bits per heavy atom. The average molecular weight is 401 g/mol. The molecule has 2 aromatic heterocycles. The molecule has 152 valence electrons. The second kappa shape index (κ2) is 8.65. The normalized spacial score (nSPS) is 10.7. The topological polar surface area (TPSA) is 74.0 Å². The SMILES string of the molecule is COc1ccc(Cn2nnc(C(=O)NCc3ccccc3C)c2-n2cccc2)cc1. The van der Waals surface area contributed by atoms with Crippen molar-refractivity contribution in [3.63, 3.8) is 0 Å². The van der Waals surface area contributed by atoms with Gasteiger partial charge in [0, 0.05) is 18.9 Å². The summed E-state index contributed by atoms with van der Waals surface area (Å²) >= 11 is 0. The number of nitrogens with zero attached hydrogens (tertiary/aromatic N) is 4. The van der Waals surface area contributed by atoms with Crippen molar-refractivity contribution >= 4 is 5.91 Å². The van der Waals surface area contributed by atoms with Gasteiger partial charge in [0.1, 0.15) is 5.75 Å². The summed E-state index contributed by atoms with van der Waals surface area (Å²) in [7, 11) is 1.64. The molecule has 0 aliphatic carbocycles. The summed E-state index contributed by atoms with van der Waals surface area (Å²) in [5.74, 6) is 1.15. The van der Waals surface area contributed by atoms with Gasteiger partial charge in [-0.25, -0.2) is 4.68 Å². The van der Waals surface area contributed by atoms with E-state index in [0.717, 1.165) is 22.4 Å². The van der Waals surface area contributed by atoms with E-state index in [1.54, 1.807) is 11.8 Å². The molecule has 1 N–H and O–H groups in total. The van der Waals surface area contributed by atoms with Crippen LogP contribution in [0.15, 0.2) is 73.1 Å². The molecule has 4 aromatic rings. The molecule has 1 amide bonds. The highest BCUT2D eigenvalue weighted by molar-refractivity contribution is 5.95. The van der Waals surface area contributed by atoms with Crippen molar-refractivity contribution in [2.45, 2.75) is 20.0 Å². The van der Waals surface area contributed by atoms with Gasteiger partial charge >= 0.3 is 0 Å². The molecule has 0 saturated heterocycles. The van der Waals surface area contributed by atoms with E-state index >= 15 is 0 Å². The minimum atomic E-state index is -0.261. The monoisotopic (exact) mass is 401 g/mol. The molecule has 0 radical (unpaired) electrons. The summed E-state index contributed by atoms with van der Waals surface area (Å²) < 4.78 is 8.80. The van der Waals surface area contributed by atoms with Crippen LogP contribution in [0.2, 0.25) is 0 Å². The van der Waals surface area contributed by atoms with Crippen molar-refractivity contribution in [1.29, 1.82) is 0 Å². The summed E-state index contributed by atoms with van der Waals surface area (Å²) in [6.07, 6.45) is 3.75. The van der Waals surface area contributed by atoms with Crippen LogP contribution in [-0.4, -0.2) is 32.6 Å². The standard InChI is InChI=1S/C23H23N5O2/c1-17-7-3-4-8-19(17)15-24-22(29)21-23(27-13-5-6-14-27)28(26-25-21)16-18-9-11-20(30-2)12-10-18/h3-14H,15-16H2,1-2H3,(H,24,29). The first-order valence-corrected chi connectivity index (χ1v) is 9.68. The summed E-state index contributed by atoms with van der Waals surface area (Å²) in [6, 6.07) is 19.5. The van der Waals surface area contributed by atoms with Crippen LogP contribution in [0.5, 0.6) is 5.75 Å². The minimum absolute atomic E-state index is 0.261. The lowest BCUT2D eigenvalue weighted by Gasteiger charge is -2.11. The lowest BCUT2D eigenvalue weighted by Crippen LogP contribution is -2.25. The quantitative estimate of drug-likeness (QED) is 0.515. The highest BCUT2D eigenvalue weighted by Gasteiger charge is 2.21. The van der Waals surface area contributed by atoms with Crippen LogP contribution >= 0.6 is 0 Å². The Bertz CT molecular complexity index is 1130. The Morgan fingerprint density at radius 2 is 1.77 bits per heavy atom. The fourth-order valence-electron chi connectivity index (χ4n) is 3.26. The van der Waals surface area contributed by atoms with Gasteiger partial charge in [-0.2, -0.15) is 0 Å². The van der Waals surface area contributed by atoms with Gasteiger partial charge in [0.2, 0.25) is 0 Å². The van der Waals surface area contributed by atoms with Gasteiger partial charge in [-0.1, -0.05) is 41.6 Å². The van der Waals surface area contributed by atoms with E-state index in [2.05, 4.69) is 15.6 Å². The Balaban J connectivity index is 1.60. The van der Waals surface area contributed by atoms with E-state index in [1.807, 2.05) is 84.5 Å². The Kier molecular flexibility index (Phi) is 5.61. The van der Waals surface area contributed by atoms with Gasteiger partial charge in [0.05, 0.1) is 13.7 Å². The molecule has 0 aliphatic heterocycles. The van der Waals surface area contributed by atoms with Crippen LogP contribution in [0, 0.1) is 6.92 Å². The lowest BCUT2D eigenvalue weighted by molar-refractivity contribution is 0.0945. The fourth-order valence-corrected chi connectivity index (χ4v) is 3.26. The van der Waals surface area contributed by atoms with Crippen molar-refractivity contribution in [3.8, 4) is 11.6 Å². The van der Waals surface area contributed by atoms with Gasteiger partial charge in [-0.15, -0.1) is 5.10 Å². The number of carbonyl (C=O) groups is 1. The van der Waals surface area contributed by atoms with Gasteiger partial charge < -0.3 is 14.6 Å². The second-order valence-electron chi connectivity index (χ2n) is 6.97. The summed E-state index contributed by atoms with van der Waals surface area (Å²) in [6.45, 7) is 2.94. The molecule has 4 rings (SSSR count). The van der Waals surface area contributed by atoms with E-state index in [0.29, 0.717) is 18.9 Å². The molecule has 7 heteroatoms. The third-order valence-corrected chi connectivity index (χ3v) is 4.97. The molecule has 7 nitrogen and oxygen atoms in total. The molecule has 0 unspecified atom stereocenters. The first kappa shape index (κ1) is 19.4. The zero-order valence-electron chi connectivity index (χ0n) is 16.9. The average Bonchev–Trinajstić information content (AvgIpc) is 3.43. The molecule has 0 bridgehead atoms. The first-order chi connectivity index (χ1) is 14.7. The van der Waals surface area contributed by atoms with Crippen molar-refractivity contribution in [2.75, 3.05) is 7.11 Å². The van der Waals surface area contributed by atoms with Crippen LogP contribution in [0.3, 0.4) is 0 Å². The predicted molar refractivity (Wildman–Crippen MR) is 114 cm³/mol. The maximum absolute atomic E-state index is 12.9.